The number of nitrogens with one attached hydrogen (secondary N) is 1. The van der Waals surface area contributed by atoms with E-state index in [0.29, 0.717) is 16.4 Å². The zero-order valence-corrected chi connectivity index (χ0v) is 18.1. The first-order chi connectivity index (χ1) is 15.4. The third-order valence-electron chi connectivity index (χ3n) is 5.48. The number of nitrogens with zero attached hydrogens (tertiary/aromatic N) is 3. The lowest BCUT2D eigenvalue weighted by Crippen LogP contribution is -2.42. The average Bonchev–Trinajstić information content (AvgIpc) is 3.35. The van der Waals surface area contributed by atoms with E-state index in [0.717, 1.165) is 22.4 Å². The Morgan fingerprint density at radius 1 is 1.12 bits per heavy atom. The van der Waals surface area contributed by atoms with Crippen LogP contribution in [0.2, 0.25) is 0 Å². The third kappa shape index (κ3) is 3.01. The molecule has 2 aliphatic rings. The number of thioether (sulfide) groups is 1. The summed E-state index contributed by atoms with van der Waals surface area (Å²) < 4.78 is 5.22. The van der Waals surface area contributed by atoms with Gasteiger partial charge in [-0.3, -0.25) is 25.2 Å². The maximum Gasteiger partial charge on any atom is 0.274 e. The Morgan fingerprint density at radius 2 is 1.91 bits per heavy atom. The second-order valence-electron chi connectivity index (χ2n) is 7.48. The van der Waals surface area contributed by atoms with Crippen LogP contribution in [-0.2, 0) is 9.67 Å². The summed E-state index contributed by atoms with van der Waals surface area (Å²) in [5.74, 6) is 0.477. The lowest BCUT2D eigenvalue weighted by atomic mass is 10.1. The SMILES string of the molecule is COc1ccc(C2=NNC3(S2)C(=O)N(c2cccc([N+](=O)[O-])c2)c2ccc(C)cc23)cc1. The molecule has 2 heterocycles. The fourth-order valence-electron chi connectivity index (χ4n) is 3.89. The number of methoxy groups -OCH3 is 1. The van der Waals surface area contributed by atoms with Gasteiger partial charge in [0.1, 0.15) is 10.8 Å². The Morgan fingerprint density at radius 3 is 2.62 bits per heavy atom. The molecule has 3 aromatic rings. The molecule has 0 aliphatic carbocycles. The summed E-state index contributed by atoms with van der Waals surface area (Å²) in [4.78, 5) is 25.0. The number of nitro groups is 1. The molecule has 1 atom stereocenters. The number of fused-ring (bicyclic) bond motifs is 2. The minimum Gasteiger partial charge on any atom is -0.497 e. The topological polar surface area (TPSA) is 97.1 Å². The summed E-state index contributed by atoms with van der Waals surface area (Å²) in [6, 6.07) is 19.3. The normalized spacial score (nSPS) is 19.0. The number of carbonyl (C=O) groups excluding carboxylic acids is 1. The summed E-state index contributed by atoms with van der Waals surface area (Å²) in [5.41, 5.74) is 6.73. The molecule has 1 spiro atoms. The lowest BCUT2D eigenvalue weighted by molar-refractivity contribution is -0.384. The van der Waals surface area contributed by atoms with Crippen molar-refractivity contribution in [2.45, 2.75) is 11.8 Å². The highest BCUT2D eigenvalue weighted by atomic mass is 32.2. The number of aryl methyl sites for hydroxylation is 1. The summed E-state index contributed by atoms with van der Waals surface area (Å²) in [6.07, 6.45) is 0. The molecule has 8 nitrogen and oxygen atoms in total. The number of hydrogen-bond donors (Lipinski definition) is 1. The summed E-state index contributed by atoms with van der Waals surface area (Å²) in [5, 5.41) is 16.5. The van der Waals surface area contributed by atoms with Crippen LogP contribution in [0.15, 0.2) is 71.8 Å². The maximum atomic E-state index is 13.8. The number of benzene rings is 3. The van der Waals surface area contributed by atoms with Crippen LogP contribution in [-0.4, -0.2) is 23.0 Å². The molecular weight excluding hydrogens is 428 g/mol. The molecule has 160 valence electrons. The Kier molecular flexibility index (Phi) is 4.63. The summed E-state index contributed by atoms with van der Waals surface area (Å²) >= 11 is 1.33. The predicted molar refractivity (Wildman–Crippen MR) is 123 cm³/mol. The number of non-ortho nitro benzene ring substituents is 1. The molecule has 1 unspecified atom stereocenters. The summed E-state index contributed by atoms with van der Waals surface area (Å²) in [6.45, 7) is 1.96. The molecule has 1 N–H and O–H groups in total. The second kappa shape index (κ2) is 7.38. The molecule has 3 aromatic carbocycles. The third-order valence-corrected chi connectivity index (χ3v) is 6.79. The van der Waals surface area contributed by atoms with Crippen molar-refractivity contribution in [2.75, 3.05) is 12.0 Å². The number of anilines is 2. The Bertz CT molecular complexity index is 1290. The Balaban J connectivity index is 1.57. The van der Waals surface area contributed by atoms with Crippen LogP contribution < -0.4 is 15.1 Å². The van der Waals surface area contributed by atoms with Gasteiger partial charge in [-0.2, -0.15) is 5.10 Å². The van der Waals surface area contributed by atoms with Crippen LogP contribution >= 0.6 is 11.8 Å². The number of nitro benzene ring substituents is 1. The highest BCUT2D eigenvalue weighted by Gasteiger charge is 2.56. The van der Waals surface area contributed by atoms with Gasteiger partial charge in [-0.25, -0.2) is 0 Å². The van der Waals surface area contributed by atoms with Crippen molar-refractivity contribution in [3.8, 4) is 5.75 Å². The van der Waals surface area contributed by atoms with Crippen LogP contribution in [0.5, 0.6) is 5.75 Å². The smallest absolute Gasteiger partial charge is 0.274 e. The molecule has 0 fully saturated rings. The van der Waals surface area contributed by atoms with Gasteiger partial charge >= 0.3 is 0 Å². The van der Waals surface area contributed by atoms with Crippen LogP contribution in [0.25, 0.3) is 0 Å². The largest absolute Gasteiger partial charge is 0.497 e. The molecule has 32 heavy (non-hydrogen) atoms. The number of rotatable bonds is 4. The van der Waals surface area contributed by atoms with Gasteiger partial charge < -0.3 is 4.74 Å². The Hall–Kier alpha value is -3.85. The quantitative estimate of drug-likeness (QED) is 0.470. The van der Waals surface area contributed by atoms with E-state index in [1.54, 1.807) is 19.2 Å². The average molecular weight is 446 g/mol. The monoisotopic (exact) mass is 446 g/mol. The number of amides is 1. The van der Waals surface area contributed by atoms with Crippen molar-refractivity contribution < 1.29 is 14.5 Å². The van der Waals surface area contributed by atoms with Crippen molar-refractivity contribution in [1.29, 1.82) is 0 Å². The maximum absolute atomic E-state index is 13.8. The van der Waals surface area contributed by atoms with Gasteiger partial charge in [-0.1, -0.05) is 35.5 Å². The minimum absolute atomic E-state index is 0.0767. The van der Waals surface area contributed by atoms with Crippen molar-refractivity contribution in [2.24, 2.45) is 5.10 Å². The lowest BCUT2D eigenvalue weighted by Gasteiger charge is -2.22. The van der Waals surface area contributed by atoms with Crippen LogP contribution in [0.3, 0.4) is 0 Å². The standard InChI is InChI=1S/C23H18N4O4S/c1-14-6-11-20-19(12-14)23(22(28)26(20)16-4-3-5-17(13-16)27(29)30)25-24-21(32-23)15-7-9-18(31-2)10-8-15/h3-13,25H,1-2H3. The van der Waals surface area contributed by atoms with Crippen LogP contribution in [0.1, 0.15) is 16.7 Å². The number of hydrazone groups is 1. The highest BCUT2D eigenvalue weighted by Crippen LogP contribution is 2.53. The zero-order valence-electron chi connectivity index (χ0n) is 17.2. The molecule has 0 saturated heterocycles. The van der Waals surface area contributed by atoms with E-state index in [9.17, 15) is 14.9 Å². The van der Waals surface area contributed by atoms with Gasteiger partial charge in [0.05, 0.1) is 23.4 Å². The van der Waals surface area contributed by atoms with E-state index >= 15 is 0 Å². The van der Waals surface area contributed by atoms with Gasteiger partial charge in [-0.05, 0) is 43.3 Å². The first-order valence-electron chi connectivity index (χ1n) is 9.81. The van der Waals surface area contributed by atoms with Crippen molar-refractivity contribution in [1.82, 2.24) is 5.43 Å². The van der Waals surface area contributed by atoms with Crippen molar-refractivity contribution >= 4 is 39.8 Å². The van der Waals surface area contributed by atoms with Crippen LogP contribution in [0, 0.1) is 17.0 Å². The number of ether oxygens (including phenoxy) is 1. The molecule has 0 radical (unpaired) electrons. The van der Waals surface area contributed by atoms with E-state index in [4.69, 9.17) is 4.74 Å². The first kappa shape index (κ1) is 20.1. The van der Waals surface area contributed by atoms with Crippen LogP contribution in [0.4, 0.5) is 17.1 Å². The van der Waals surface area contributed by atoms with E-state index in [1.807, 2.05) is 49.4 Å². The van der Waals surface area contributed by atoms with Gasteiger partial charge in [0.2, 0.25) is 4.87 Å². The van der Waals surface area contributed by atoms with E-state index < -0.39 is 9.79 Å². The predicted octanol–water partition coefficient (Wildman–Crippen LogP) is 4.44. The van der Waals surface area contributed by atoms with E-state index in [-0.39, 0.29) is 11.6 Å². The van der Waals surface area contributed by atoms with Gasteiger partial charge in [0.25, 0.3) is 11.6 Å². The molecule has 0 bridgehead atoms. The molecule has 5 rings (SSSR count). The summed E-state index contributed by atoms with van der Waals surface area (Å²) in [7, 11) is 1.60. The van der Waals surface area contributed by atoms with Gasteiger partial charge in [0.15, 0.2) is 0 Å². The van der Waals surface area contributed by atoms with Gasteiger partial charge in [0, 0.05) is 23.3 Å². The first-order valence-corrected chi connectivity index (χ1v) is 10.6. The molecule has 1 amide bonds. The second-order valence-corrected chi connectivity index (χ2v) is 8.68. The van der Waals surface area contributed by atoms with E-state index in [1.165, 1.54) is 28.8 Å². The highest BCUT2D eigenvalue weighted by molar-refractivity contribution is 8.16. The fraction of sp³-hybridized carbons (Fsp3) is 0.130. The Labute approximate surface area is 188 Å². The number of hydrogen-bond acceptors (Lipinski definition) is 7. The number of carbonyl (C=O) groups is 1. The molecule has 9 heteroatoms. The van der Waals surface area contributed by atoms with Crippen molar-refractivity contribution in [3.63, 3.8) is 0 Å². The van der Waals surface area contributed by atoms with E-state index in [2.05, 4.69) is 10.5 Å². The zero-order chi connectivity index (χ0) is 22.5. The van der Waals surface area contributed by atoms with Gasteiger partial charge in [-0.15, -0.1) is 0 Å². The molecular formula is C23H18N4O4S. The molecule has 0 aromatic heterocycles. The molecule has 0 saturated carbocycles. The minimum atomic E-state index is -1.15. The fourth-order valence-corrected chi connectivity index (χ4v) is 5.07. The molecule has 2 aliphatic heterocycles. The van der Waals surface area contributed by atoms with Crippen molar-refractivity contribution in [3.05, 3.63) is 93.5 Å².